The second kappa shape index (κ2) is 10.1. The van der Waals surface area contributed by atoms with Crippen LogP contribution in [0.5, 0.6) is 0 Å². The summed E-state index contributed by atoms with van der Waals surface area (Å²) in [5.74, 6) is -1.82. The van der Waals surface area contributed by atoms with Gasteiger partial charge in [-0.3, -0.25) is 9.59 Å². The lowest BCUT2D eigenvalue weighted by atomic mass is 9.79. The van der Waals surface area contributed by atoms with Crippen LogP contribution < -0.4 is 26.2 Å². The van der Waals surface area contributed by atoms with Crippen molar-refractivity contribution in [3.8, 4) is 0 Å². The van der Waals surface area contributed by atoms with Crippen LogP contribution in [-0.2, 0) is 9.59 Å². The van der Waals surface area contributed by atoms with E-state index in [0.717, 1.165) is 31.2 Å². The van der Waals surface area contributed by atoms with E-state index in [2.05, 4.69) is 40.1 Å². The third-order valence-corrected chi connectivity index (χ3v) is 7.34. The Morgan fingerprint density at radius 3 is 2.53 bits per heavy atom. The first-order chi connectivity index (χ1) is 14.1. The van der Waals surface area contributed by atoms with Crippen molar-refractivity contribution in [2.45, 2.75) is 69.6 Å². The maximum Gasteiger partial charge on any atom is 0.393 e. The molecule has 6 unspecified atom stereocenters. The van der Waals surface area contributed by atoms with Gasteiger partial charge in [-0.1, -0.05) is 26.7 Å². The van der Waals surface area contributed by atoms with E-state index in [-0.39, 0.29) is 31.5 Å². The molecular weight excluding hydrogens is 419 g/mol. The number of rotatable bonds is 5. The highest BCUT2D eigenvalue weighted by molar-refractivity contribution is 7.98. The zero-order valence-electron chi connectivity index (χ0n) is 17.3. The molecule has 11 heteroatoms. The number of hydrazine groups is 1. The second-order valence-corrected chi connectivity index (χ2v) is 9.92. The van der Waals surface area contributed by atoms with Gasteiger partial charge in [-0.15, -0.1) is 0 Å². The van der Waals surface area contributed by atoms with Crippen molar-refractivity contribution in [3.05, 3.63) is 0 Å². The Hall–Kier alpha value is -1.04. The Kier molecular flexibility index (Phi) is 7.92. The zero-order chi connectivity index (χ0) is 21.9. The van der Waals surface area contributed by atoms with Gasteiger partial charge in [-0.2, -0.15) is 18.0 Å². The summed E-state index contributed by atoms with van der Waals surface area (Å²) in [5.41, 5.74) is 2.86. The van der Waals surface area contributed by atoms with Crippen LogP contribution in [-0.4, -0.2) is 48.5 Å². The number of alkyl halides is 3. The first kappa shape index (κ1) is 23.6. The van der Waals surface area contributed by atoms with Gasteiger partial charge >= 0.3 is 6.18 Å². The Bertz CT molecular complexity index is 621. The number of nitrogens with one attached hydrogen (secondary N) is 5. The molecule has 2 amide bonds. The minimum atomic E-state index is -4.33. The molecule has 3 fully saturated rings. The molecule has 2 heterocycles. The van der Waals surface area contributed by atoms with E-state index in [1.165, 1.54) is 6.42 Å². The number of halogens is 3. The summed E-state index contributed by atoms with van der Waals surface area (Å²) in [5, 5.41) is 7.95. The van der Waals surface area contributed by atoms with Gasteiger partial charge in [-0.25, -0.2) is 5.43 Å². The molecule has 1 aliphatic carbocycles. The number of carbonyl (C=O) groups is 2. The first-order valence-corrected chi connectivity index (χ1v) is 11.6. The largest absolute Gasteiger partial charge is 0.393 e. The van der Waals surface area contributed by atoms with Crippen LogP contribution in [0.4, 0.5) is 13.2 Å². The molecule has 0 spiro atoms. The van der Waals surface area contributed by atoms with Crippen molar-refractivity contribution in [2.24, 2.45) is 23.7 Å². The van der Waals surface area contributed by atoms with Crippen LogP contribution in [0, 0.1) is 23.7 Å². The molecule has 3 rings (SSSR count). The number of piperidine rings is 1. The average molecular weight is 452 g/mol. The number of carbonyl (C=O) groups excluding carboxylic acids is 2. The highest BCUT2D eigenvalue weighted by Crippen LogP contribution is 2.33. The zero-order valence-corrected chi connectivity index (χ0v) is 18.2. The van der Waals surface area contributed by atoms with Crippen LogP contribution in [0.1, 0.15) is 46.0 Å². The summed E-state index contributed by atoms with van der Waals surface area (Å²) in [6.45, 7) is 4.43. The minimum Gasteiger partial charge on any atom is -0.352 e. The normalized spacial score (nSPS) is 35.3. The van der Waals surface area contributed by atoms with E-state index in [9.17, 15) is 22.8 Å². The van der Waals surface area contributed by atoms with Crippen molar-refractivity contribution >= 4 is 23.8 Å². The smallest absolute Gasteiger partial charge is 0.352 e. The lowest BCUT2D eigenvalue weighted by molar-refractivity contribution is -0.182. The number of amides is 2. The molecule has 7 nitrogen and oxygen atoms in total. The van der Waals surface area contributed by atoms with E-state index in [1.54, 1.807) is 0 Å². The van der Waals surface area contributed by atoms with Crippen molar-refractivity contribution in [2.75, 3.05) is 13.1 Å². The molecule has 0 aromatic carbocycles. The minimum absolute atomic E-state index is 0.109. The van der Waals surface area contributed by atoms with Gasteiger partial charge in [0, 0.05) is 19.1 Å². The van der Waals surface area contributed by atoms with Crippen molar-refractivity contribution in [1.82, 2.24) is 26.2 Å². The van der Waals surface area contributed by atoms with E-state index in [4.69, 9.17) is 0 Å². The Morgan fingerprint density at radius 2 is 1.83 bits per heavy atom. The Balaban J connectivity index is 1.52. The predicted octanol–water partition coefficient (Wildman–Crippen LogP) is 1.67. The molecule has 6 atom stereocenters. The summed E-state index contributed by atoms with van der Waals surface area (Å²) in [6, 6.07) is -0.578. The maximum atomic E-state index is 13.0. The monoisotopic (exact) mass is 451 g/mol. The second-order valence-electron chi connectivity index (χ2n) is 8.98. The predicted molar refractivity (Wildman–Crippen MR) is 109 cm³/mol. The van der Waals surface area contributed by atoms with Gasteiger partial charge in [0.1, 0.15) is 11.4 Å². The number of hydrogen-bond donors (Lipinski definition) is 5. The maximum absolute atomic E-state index is 13.0. The molecule has 2 aliphatic heterocycles. The molecule has 5 N–H and O–H groups in total. The topological polar surface area (TPSA) is 94.3 Å². The molecule has 0 bridgehead atoms. The number of hydrogen-bond acceptors (Lipinski definition) is 6. The summed E-state index contributed by atoms with van der Waals surface area (Å²) in [7, 11) is 0. The quantitative estimate of drug-likeness (QED) is 0.409. The van der Waals surface area contributed by atoms with E-state index < -0.39 is 35.3 Å². The molecule has 172 valence electrons. The van der Waals surface area contributed by atoms with Crippen LogP contribution in [0.3, 0.4) is 0 Å². The summed E-state index contributed by atoms with van der Waals surface area (Å²) in [6.07, 6.45) is -0.431. The van der Waals surface area contributed by atoms with Crippen LogP contribution in [0.25, 0.3) is 0 Å². The fourth-order valence-corrected chi connectivity index (χ4v) is 5.35. The van der Waals surface area contributed by atoms with Gasteiger partial charge in [0.15, 0.2) is 0 Å². The summed E-state index contributed by atoms with van der Waals surface area (Å²) < 4.78 is 39.0. The SMILES string of the molecule is CC(C)C1CCCC(NC(=O)C2NNSC2NC(=O)C2CNCC(C(F)(F)F)C2)C1. The van der Waals surface area contributed by atoms with Crippen molar-refractivity contribution in [3.63, 3.8) is 0 Å². The average Bonchev–Trinajstić information content (AvgIpc) is 3.16. The highest BCUT2D eigenvalue weighted by atomic mass is 32.2. The standard InChI is InChI=1S/C19H32F3N5O2S/c1-10(2)11-4-3-5-14(7-11)24-17(29)15-18(30-27-26-15)25-16(28)12-6-13(9-23-8-12)19(20,21)22/h10-15,18,23,26-27H,3-9H2,1-2H3,(H,24,29)(H,25,28). The summed E-state index contributed by atoms with van der Waals surface area (Å²) >= 11 is 1.15. The van der Waals surface area contributed by atoms with Crippen molar-refractivity contribution < 1.29 is 22.8 Å². The third kappa shape index (κ3) is 6.02. The van der Waals surface area contributed by atoms with E-state index in [0.29, 0.717) is 11.8 Å². The first-order valence-electron chi connectivity index (χ1n) is 10.7. The Labute approximate surface area is 179 Å². The van der Waals surface area contributed by atoms with Crippen LogP contribution >= 0.6 is 11.9 Å². The van der Waals surface area contributed by atoms with Crippen LogP contribution in [0.15, 0.2) is 0 Å². The molecule has 2 saturated heterocycles. The van der Waals surface area contributed by atoms with E-state index >= 15 is 0 Å². The van der Waals surface area contributed by atoms with Gasteiger partial charge < -0.3 is 16.0 Å². The third-order valence-electron chi connectivity index (χ3n) is 6.46. The molecule has 0 aromatic heterocycles. The Morgan fingerprint density at radius 1 is 1.07 bits per heavy atom. The van der Waals surface area contributed by atoms with Gasteiger partial charge in [-0.05, 0) is 43.0 Å². The van der Waals surface area contributed by atoms with E-state index in [1.807, 2.05) is 0 Å². The molecule has 0 radical (unpaired) electrons. The van der Waals surface area contributed by atoms with Crippen molar-refractivity contribution in [1.29, 1.82) is 0 Å². The van der Waals surface area contributed by atoms with Gasteiger partial charge in [0.05, 0.1) is 11.8 Å². The molecular formula is C19H32F3N5O2S. The molecule has 30 heavy (non-hydrogen) atoms. The lowest BCUT2D eigenvalue weighted by Crippen LogP contribution is -2.56. The van der Waals surface area contributed by atoms with Crippen LogP contribution in [0.2, 0.25) is 0 Å². The molecule has 0 aromatic rings. The fraction of sp³-hybridized carbons (Fsp3) is 0.895. The molecule has 1 saturated carbocycles. The molecule has 3 aliphatic rings. The van der Waals surface area contributed by atoms with Gasteiger partial charge in [0.2, 0.25) is 11.8 Å². The fourth-order valence-electron chi connectivity index (χ4n) is 4.52. The lowest BCUT2D eigenvalue weighted by Gasteiger charge is -2.33. The van der Waals surface area contributed by atoms with Gasteiger partial charge in [0.25, 0.3) is 0 Å². The summed E-state index contributed by atoms with van der Waals surface area (Å²) in [4.78, 5) is 28.2. The highest BCUT2D eigenvalue weighted by Gasteiger charge is 2.45.